The second-order valence-corrected chi connectivity index (χ2v) is 14.2. The van der Waals surface area contributed by atoms with Crippen molar-refractivity contribution in [2.45, 2.75) is 12.3 Å². The van der Waals surface area contributed by atoms with Crippen molar-refractivity contribution in [1.29, 1.82) is 0 Å². The van der Waals surface area contributed by atoms with E-state index < -0.39 is 5.41 Å². The van der Waals surface area contributed by atoms with Gasteiger partial charge in [0.15, 0.2) is 0 Å². The van der Waals surface area contributed by atoms with Crippen LogP contribution in [0.5, 0.6) is 0 Å². The van der Waals surface area contributed by atoms with Crippen molar-refractivity contribution in [3.63, 3.8) is 0 Å². The molecule has 0 aromatic heterocycles. The van der Waals surface area contributed by atoms with Gasteiger partial charge in [0.05, 0.1) is 11.1 Å². The van der Waals surface area contributed by atoms with Crippen LogP contribution in [0.15, 0.2) is 225 Å². The van der Waals surface area contributed by atoms with Gasteiger partial charge in [-0.1, -0.05) is 189 Å². The molecule has 0 amide bonds. The van der Waals surface area contributed by atoms with Crippen molar-refractivity contribution < 1.29 is 0 Å². The molecule has 0 heterocycles. The van der Waals surface area contributed by atoms with E-state index in [1.54, 1.807) is 0 Å². The zero-order valence-electron chi connectivity index (χ0n) is 31.0. The van der Waals surface area contributed by atoms with Crippen molar-refractivity contribution in [3.05, 3.63) is 253 Å². The lowest BCUT2D eigenvalue weighted by atomic mass is 9.71. The molecule has 0 radical (unpaired) electrons. The molecule has 2 aliphatic carbocycles. The van der Waals surface area contributed by atoms with E-state index in [0.29, 0.717) is 0 Å². The van der Waals surface area contributed by atoms with Crippen LogP contribution in [-0.2, 0) is 5.41 Å². The number of hydrogen-bond donors (Lipinski definition) is 0. The summed E-state index contributed by atoms with van der Waals surface area (Å²) in [5, 5.41) is 0. The highest BCUT2D eigenvalue weighted by Crippen LogP contribution is 2.64. The van der Waals surface area contributed by atoms with Gasteiger partial charge in [-0.25, -0.2) is 0 Å². The molecule has 7 aromatic rings. The molecule has 1 heteroatoms. The van der Waals surface area contributed by atoms with Gasteiger partial charge >= 0.3 is 0 Å². The van der Waals surface area contributed by atoms with Gasteiger partial charge in [-0.05, 0) is 104 Å². The largest absolute Gasteiger partial charge is 0.312 e. The fourth-order valence-electron chi connectivity index (χ4n) is 8.78. The molecule has 2 aliphatic rings. The highest BCUT2D eigenvalue weighted by molar-refractivity contribution is 6.01. The number of hydrogen-bond acceptors (Lipinski definition) is 1. The van der Waals surface area contributed by atoms with Crippen LogP contribution in [0.4, 0.5) is 11.4 Å². The predicted octanol–water partition coefficient (Wildman–Crippen LogP) is 14.2. The fourth-order valence-corrected chi connectivity index (χ4v) is 8.78. The Bertz CT molecular complexity index is 2610. The van der Waals surface area contributed by atoms with Gasteiger partial charge in [0.1, 0.15) is 0 Å². The van der Waals surface area contributed by atoms with Crippen molar-refractivity contribution in [2.75, 3.05) is 4.90 Å². The number of allylic oxidation sites excluding steroid dienone is 8. The summed E-state index contributed by atoms with van der Waals surface area (Å²) in [7, 11) is 0. The lowest BCUT2D eigenvalue weighted by Gasteiger charge is -2.40. The number of anilines is 2. The van der Waals surface area contributed by atoms with Gasteiger partial charge in [0, 0.05) is 16.9 Å². The average molecular weight is 704 g/mol. The second-order valence-electron chi connectivity index (χ2n) is 14.2. The van der Waals surface area contributed by atoms with Crippen LogP contribution in [0.3, 0.4) is 0 Å². The second kappa shape index (κ2) is 14.1. The summed E-state index contributed by atoms with van der Waals surface area (Å²) in [4.78, 5) is 2.53. The number of nitrogens with zero attached hydrogens (tertiary/aromatic N) is 1. The van der Waals surface area contributed by atoms with Crippen LogP contribution in [0.2, 0.25) is 0 Å². The molecule has 1 nitrogen and oxygen atoms in total. The smallest absolute Gasteiger partial charge is 0.0882 e. The summed E-state index contributed by atoms with van der Waals surface area (Å²) in [6, 6.07) is 64.4. The van der Waals surface area contributed by atoms with Crippen molar-refractivity contribution in [2.24, 2.45) is 0 Å². The molecular weight excluding hydrogens is 663 g/mol. The first kappa shape index (κ1) is 33.8. The van der Waals surface area contributed by atoms with Gasteiger partial charge in [-0.3, -0.25) is 0 Å². The Morgan fingerprint density at radius 2 is 1.02 bits per heavy atom. The van der Waals surface area contributed by atoms with Crippen molar-refractivity contribution in [3.8, 4) is 33.4 Å². The quantitative estimate of drug-likeness (QED) is 0.135. The van der Waals surface area contributed by atoms with E-state index in [9.17, 15) is 0 Å². The zero-order chi connectivity index (χ0) is 37.4. The van der Waals surface area contributed by atoms with E-state index in [4.69, 9.17) is 0 Å². The Morgan fingerprint density at radius 1 is 0.491 bits per heavy atom. The molecule has 0 saturated heterocycles. The molecule has 0 N–H and O–H groups in total. The monoisotopic (exact) mass is 703 g/mol. The summed E-state index contributed by atoms with van der Waals surface area (Å²) in [6.45, 7) is 10.3. The summed E-state index contributed by atoms with van der Waals surface area (Å²) < 4.78 is 0. The minimum Gasteiger partial charge on any atom is -0.312 e. The first-order valence-corrected chi connectivity index (χ1v) is 18.9. The van der Waals surface area contributed by atoms with E-state index in [2.05, 4.69) is 219 Å². The Labute approximate surface area is 324 Å². The van der Waals surface area contributed by atoms with Gasteiger partial charge in [-0.2, -0.15) is 0 Å². The highest BCUT2D eigenvalue weighted by atomic mass is 15.2. The maximum atomic E-state index is 4.13. The molecule has 1 atom stereocenters. The van der Waals surface area contributed by atoms with Crippen LogP contribution in [0.1, 0.15) is 34.7 Å². The Hall–Kier alpha value is -6.96. The Kier molecular flexibility index (Phi) is 8.69. The summed E-state index contributed by atoms with van der Waals surface area (Å²) >= 11 is 0. The summed E-state index contributed by atoms with van der Waals surface area (Å²) in [6.07, 6.45) is 10.2. The van der Waals surface area contributed by atoms with Crippen LogP contribution >= 0.6 is 0 Å². The van der Waals surface area contributed by atoms with Gasteiger partial charge < -0.3 is 4.90 Å². The lowest BCUT2D eigenvalue weighted by Crippen LogP contribution is -2.36. The van der Waals surface area contributed by atoms with E-state index >= 15 is 0 Å². The third kappa shape index (κ3) is 5.56. The summed E-state index contributed by atoms with van der Waals surface area (Å²) in [5.41, 5.74) is 18.5. The molecule has 0 fully saturated rings. The maximum Gasteiger partial charge on any atom is 0.0882 e. The van der Waals surface area contributed by atoms with Gasteiger partial charge in [0.2, 0.25) is 0 Å². The van der Waals surface area contributed by atoms with E-state index in [1.807, 2.05) is 12.2 Å². The molecular formula is C54H41N. The fraction of sp³-hybridized carbons (Fsp3) is 0.0370. The zero-order valence-corrected chi connectivity index (χ0v) is 31.0. The molecule has 1 spiro atoms. The third-order valence-electron chi connectivity index (χ3n) is 11.1. The van der Waals surface area contributed by atoms with Crippen molar-refractivity contribution >= 4 is 22.5 Å². The standard InChI is InChI=1S/C54H41N/c1-4-6-28-49-47-30-14-16-32-51(47)54(50-31-15-13-29-46(50)48-34-33-41(37-52(48)54)38(3)19-5-2)53(49)55(44-26-17-24-42(35-44)39-20-9-7-10-21-39)45-27-18-25-43(36-45)40-22-11-8-12-23-40/h4-37H,1-2H2,3H3/b28-6-,38-19+. The molecule has 0 bridgehead atoms. The average Bonchev–Trinajstić information content (AvgIpc) is 3.70. The van der Waals surface area contributed by atoms with Gasteiger partial charge in [0.25, 0.3) is 0 Å². The molecule has 9 rings (SSSR count). The first-order chi connectivity index (χ1) is 27.1. The molecule has 0 aliphatic heterocycles. The number of benzene rings is 7. The molecule has 1 unspecified atom stereocenters. The SMILES string of the molecule is C=C/C=C\C1=C(N(c2cccc(-c3ccccc3)c2)c2cccc(-c3ccccc3)c2)C2(c3ccccc31)c1ccccc1-c1ccc(/C(C)=C/C=C)cc12. The first-order valence-electron chi connectivity index (χ1n) is 18.9. The number of fused-ring (bicyclic) bond motifs is 7. The normalized spacial score (nSPS) is 15.5. The van der Waals surface area contributed by atoms with Crippen LogP contribution in [0, 0.1) is 0 Å². The minimum absolute atomic E-state index is 0.653. The van der Waals surface area contributed by atoms with E-state index in [-0.39, 0.29) is 0 Å². The summed E-state index contributed by atoms with van der Waals surface area (Å²) in [5.74, 6) is 0. The van der Waals surface area contributed by atoms with Crippen molar-refractivity contribution in [1.82, 2.24) is 0 Å². The lowest BCUT2D eigenvalue weighted by molar-refractivity contribution is 0.745. The molecule has 55 heavy (non-hydrogen) atoms. The highest BCUT2D eigenvalue weighted by Gasteiger charge is 2.55. The van der Waals surface area contributed by atoms with Crippen LogP contribution in [0.25, 0.3) is 44.5 Å². The molecule has 7 aromatic carbocycles. The Morgan fingerprint density at radius 3 is 1.62 bits per heavy atom. The van der Waals surface area contributed by atoms with Crippen LogP contribution in [-0.4, -0.2) is 0 Å². The maximum absolute atomic E-state index is 4.13. The number of rotatable bonds is 9. The molecule has 0 saturated carbocycles. The Balaban J connectivity index is 1.43. The topological polar surface area (TPSA) is 3.24 Å². The third-order valence-corrected chi connectivity index (χ3v) is 11.1. The van der Waals surface area contributed by atoms with Gasteiger partial charge in [-0.15, -0.1) is 0 Å². The predicted molar refractivity (Wildman–Crippen MR) is 234 cm³/mol. The minimum atomic E-state index is -0.653. The van der Waals surface area contributed by atoms with E-state index in [0.717, 1.165) is 28.1 Å². The van der Waals surface area contributed by atoms with E-state index in [1.165, 1.54) is 61.3 Å². The molecule has 262 valence electrons. The van der Waals surface area contributed by atoms with Crippen LogP contribution < -0.4 is 4.90 Å².